The lowest BCUT2D eigenvalue weighted by Crippen LogP contribution is -2.31. The van der Waals surface area contributed by atoms with E-state index in [4.69, 9.17) is 9.15 Å². The van der Waals surface area contributed by atoms with Gasteiger partial charge in [-0.15, -0.1) is 10.2 Å². The van der Waals surface area contributed by atoms with Crippen molar-refractivity contribution in [2.75, 3.05) is 6.61 Å². The number of benzene rings is 2. The van der Waals surface area contributed by atoms with Crippen LogP contribution in [-0.4, -0.2) is 22.7 Å². The Kier molecular flexibility index (Phi) is 5.03. The Hall–Kier alpha value is -3.22. The van der Waals surface area contributed by atoms with E-state index in [9.17, 15) is 9.18 Å². The molecule has 0 bridgehead atoms. The summed E-state index contributed by atoms with van der Waals surface area (Å²) in [4.78, 5) is 12.0. The van der Waals surface area contributed by atoms with E-state index in [1.54, 1.807) is 36.4 Å². The van der Waals surface area contributed by atoms with Crippen LogP contribution in [0.15, 0.2) is 59.3 Å². The van der Waals surface area contributed by atoms with Gasteiger partial charge in [-0.2, -0.15) is 0 Å². The molecule has 25 heavy (non-hydrogen) atoms. The molecule has 1 aromatic heterocycles. The number of hydrogen-bond donors (Lipinski definition) is 1. The highest BCUT2D eigenvalue weighted by atomic mass is 19.1. The van der Waals surface area contributed by atoms with Crippen LogP contribution in [0.2, 0.25) is 0 Å². The molecular formula is C18H16FN3O3. The topological polar surface area (TPSA) is 77.2 Å². The second kappa shape index (κ2) is 7.57. The van der Waals surface area contributed by atoms with E-state index in [-0.39, 0.29) is 24.4 Å². The van der Waals surface area contributed by atoms with Crippen molar-refractivity contribution in [1.82, 2.24) is 15.5 Å². The third-order valence-electron chi connectivity index (χ3n) is 3.58. The summed E-state index contributed by atoms with van der Waals surface area (Å²) in [5, 5.41) is 10.2. The second-order valence-electron chi connectivity index (χ2n) is 5.40. The third-order valence-corrected chi connectivity index (χ3v) is 3.58. The summed E-state index contributed by atoms with van der Waals surface area (Å²) < 4.78 is 23.5. The molecule has 1 N–H and O–H groups in total. The first-order valence-electron chi connectivity index (χ1n) is 7.66. The number of rotatable bonds is 6. The summed E-state index contributed by atoms with van der Waals surface area (Å²) in [5.41, 5.74) is 1.58. The molecule has 0 saturated heterocycles. The standard InChI is InChI=1S/C18H16FN3O3/c1-12(13-2-6-15(19)7-3-13)21-17(23)10-24-16-8-4-14(5-9-16)18-22-20-11-25-18/h2-9,11-12H,10H2,1H3,(H,21,23)/t12-/m0/s1. The second-order valence-corrected chi connectivity index (χ2v) is 5.40. The minimum atomic E-state index is -0.311. The van der Waals surface area contributed by atoms with Crippen molar-refractivity contribution in [2.24, 2.45) is 0 Å². The fourth-order valence-corrected chi connectivity index (χ4v) is 2.26. The van der Waals surface area contributed by atoms with Gasteiger partial charge in [-0.1, -0.05) is 12.1 Å². The highest BCUT2D eigenvalue weighted by Crippen LogP contribution is 2.20. The van der Waals surface area contributed by atoms with Crippen molar-refractivity contribution in [1.29, 1.82) is 0 Å². The molecule has 0 unspecified atom stereocenters. The number of halogens is 1. The summed E-state index contributed by atoms with van der Waals surface area (Å²) in [6.45, 7) is 1.70. The summed E-state index contributed by atoms with van der Waals surface area (Å²) >= 11 is 0. The summed E-state index contributed by atoms with van der Waals surface area (Å²) in [7, 11) is 0. The minimum absolute atomic E-state index is 0.120. The molecule has 1 atom stereocenters. The largest absolute Gasteiger partial charge is 0.484 e. The molecule has 128 valence electrons. The summed E-state index contributed by atoms with van der Waals surface area (Å²) in [5.74, 6) is 0.387. The van der Waals surface area contributed by atoms with Gasteiger partial charge in [0, 0.05) is 5.56 Å². The number of carbonyl (C=O) groups is 1. The van der Waals surface area contributed by atoms with E-state index in [1.807, 2.05) is 6.92 Å². The maximum Gasteiger partial charge on any atom is 0.258 e. The Bertz CT molecular complexity index is 818. The molecule has 0 fully saturated rings. The molecule has 3 rings (SSSR count). The van der Waals surface area contributed by atoms with Crippen molar-refractivity contribution in [3.8, 4) is 17.2 Å². The zero-order valence-corrected chi connectivity index (χ0v) is 13.5. The molecule has 0 spiro atoms. The monoisotopic (exact) mass is 341 g/mol. The molecule has 1 heterocycles. The Labute approximate surface area is 143 Å². The fraction of sp³-hybridized carbons (Fsp3) is 0.167. The first-order valence-corrected chi connectivity index (χ1v) is 7.66. The van der Waals surface area contributed by atoms with Gasteiger partial charge in [0.15, 0.2) is 6.61 Å². The molecule has 0 aliphatic rings. The minimum Gasteiger partial charge on any atom is -0.484 e. The van der Waals surface area contributed by atoms with Gasteiger partial charge < -0.3 is 14.5 Å². The molecule has 0 radical (unpaired) electrons. The summed E-state index contributed by atoms with van der Waals surface area (Å²) in [6.07, 6.45) is 1.26. The first kappa shape index (κ1) is 16.6. The van der Waals surface area contributed by atoms with Crippen LogP contribution < -0.4 is 10.1 Å². The van der Waals surface area contributed by atoms with Crippen molar-refractivity contribution in [2.45, 2.75) is 13.0 Å². The van der Waals surface area contributed by atoms with Gasteiger partial charge >= 0.3 is 0 Å². The molecule has 0 aliphatic heterocycles. The molecule has 2 aromatic carbocycles. The highest BCUT2D eigenvalue weighted by Gasteiger charge is 2.10. The van der Waals surface area contributed by atoms with Crippen LogP contribution in [0.3, 0.4) is 0 Å². The Morgan fingerprint density at radius 1 is 1.20 bits per heavy atom. The van der Waals surface area contributed by atoms with E-state index in [2.05, 4.69) is 15.5 Å². The Balaban J connectivity index is 1.51. The van der Waals surface area contributed by atoms with Crippen molar-refractivity contribution in [3.63, 3.8) is 0 Å². The fourth-order valence-electron chi connectivity index (χ4n) is 2.26. The average molecular weight is 341 g/mol. The predicted octanol–water partition coefficient (Wildman–Crippen LogP) is 3.13. The maximum atomic E-state index is 12.9. The number of hydrogen-bond acceptors (Lipinski definition) is 5. The van der Waals surface area contributed by atoms with E-state index in [1.165, 1.54) is 18.5 Å². The molecule has 1 amide bonds. The zero-order valence-electron chi connectivity index (χ0n) is 13.5. The lowest BCUT2D eigenvalue weighted by molar-refractivity contribution is -0.123. The normalized spacial score (nSPS) is 11.8. The smallest absolute Gasteiger partial charge is 0.258 e. The molecule has 0 aliphatic carbocycles. The zero-order chi connectivity index (χ0) is 17.6. The third kappa shape index (κ3) is 4.41. The van der Waals surface area contributed by atoms with Crippen molar-refractivity contribution >= 4 is 5.91 Å². The number of aromatic nitrogens is 2. The van der Waals surface area contributed by atoms with E-state index < -0.39 is 0 Å². The van der Waals surface area contributed by atoms with Crippen LogP contribution >= 0.6 is 0 Å². The van der Waals surface area contributed by atoms with Gasteiger partial charge in [0.1, 0.15) is 11.6 Å². The van der Waals surface area contributed by atoms with Crippen LogP contribution in [0, 0.1) is 5.82 Å². The van der Waals surface area contributed by atoms with E-state index in [0.29, 0.717) is 11.6 Å². The van der Waals surface area contributed by atoms with Gasteiger partial charge in [0.25, 0.3) is 5.91 Å². The summed E-state index contributed by atoms with van der Waals surface area (Å²) in [6, 6.07) is 12.7. The van der Waals surface area contributed by atoms with Crippen molar-refractivity contribution in [3.05, 3.63) is 66.3 Å². The highest BCUT2D eigenvalue weighted by molar-refractivity contribution is 5.78. The molecular weight excluding hydrogens is 325 g/mol. The molecule has 0 saturated carbocycles. The maximum absolute atomic E-state index is 12.9. The Morgan fingerprint density at radius 2 is 1.92 bits per heavy atom. The van der Waals surface area contributed by atoms with Gasteiger partial charge in [-0.25, -0.2) is 4.39 Å². The van der Waals surface area contributed by atoms with Gasteiger partial charge in [0.05, 0.1) is 6.04 Å². The van der Waals surface area contributed by atoms with Gasteiger partial charge in [0.2, 0.25) is 12.3 Å². The van der Waals surface area contributed by atoms with Crippen LogP contribution in [0.25, 0.3) is 11.5 Å². The Morgan fingerprint density at radius 3 is 2.56 bits per heavy atom. The first-order chi connectivity index (χ1) is 12.1. The molecule has 3 aromatic rings. The lowest BCUT2D eigenvalue weighted by atomic mass is 10.1. The van der Waals surface area contributed by atoms with Crippen molar-refractivity contribution < 1.29 is 18.3 Å². The van der Waals surface area contributed by atoms with Gasteiger partial charge in [-0.05, 0) is 48.9 Å². The number of ether oxygens (including phenoxy) is 1. The van der Waals surface area contributed by atoms with Crippen LogP contribution in [-0.2, 0) is 4.79 Å². The predicted molar refractivity (Wildman–Crippen MR) is 88.2 cm³/mol. The van der Waals surface area contributed by atoms with Crippen LogP contribution in [0.1, 0.15) is 18.5 Å². The number of nitrogens with zero attached hydrogens (tertiary/aromatic N) is 2. The van der Waals surface area contributed by atoms with Crippen LogP contribution in [0.5, 0.6) is 5.75 Å². The lowest BCUT2D eigenvalue weighted by Gasteiger charge is -2.14. The SMILES string of the molecule is C[C@H](NC(=O)COc1ccc(-c2nnco2)cc1)c1ccc(F)cc1. The van der Waals surface area contributed by atoms with Crippen LogP contribution in [0.4, 0.5) is 4.39 Å². The van der Waals surface area contributed by atoms with E-state index in [0.717, 1.165) is 11.1 Å². The molecule has 7 heteroatoms. The van der Waals surface area contributed by atoms with Gasteiger partial charge in [-0.3, -0.25) is 4.79 Å². The molecule has 6 nitrogen and oxygen atoms in total. The number of amides is 1. The van der Waals surface area contributed by atoms with E-state index >= 15 is 0 Å². The number of nitrogens with one attached hydrogen (secondary N) is 1. The average Bonchev–Trinajstić information content (AvgIpc) is 3.15. The quantitative estimate of drug-likeness (QED) is 0.745. The number of carbonyl (C=O) groups excluding carboxylic acids is 1.